The minimum Gasteiger partial charge on any atom is -0.249 e. The molecule has 1 aromatic heterocycles. The van der Waals surface area contributed by atoms with Crippen LogP contribution in [-0.2, 0) is 10.0 Å². The summed E-state index contributed by atoms with van der Waals surface area (Å²) in [5.74, 6) is -0.457. The topological polar surface area (TPSA) is 39.1 Å². The number of hydrogen-bond donors (Lipinski definition) is 0. The fourth-order valence-corrected chi connectivity index (χ4v) is 2.39. The van der Waals surface area contributed by atoms with E-state index < -0.39 is 15.8 Å². The molecule has 15 heavy (non-hydrogen) atoms. The minimum atomic E-state index is -3.56. The van der Waals surface area contributed by atoms with E-state index >= 15 is 0 Å². The maximum absolute atomic E-state index is 12.6. The fourth-order valence-electron chi connectivity index (χ4n) is 1.21. The van der Waals surface area contributed by atoms with Gasteiger partial charge in [-0.2, -0.15) is 0 Å². The molecule has 0 bridgehead atoms. The molecule has 0 saturated heterocycles. The minimum absolute atomic E-state index is 0.0695. The Morgan fingerprint density at radius 2 is 1.53 bits per heavy atom. The van der Waals surface area contributed by atoms with Crippen molar-refractivity contribution >= 4 is 10.0 Å². The molecule has 0 unspecified atom stereocenters. The number of aromatic nitrogens is 1. The Hall–Kier alpha value is -1.62. The number of hydrogen-bond acceptors (Lipinski definition) is 2. The highest BCUT2D eigenvalue weighted by atomic mass is 32.2. The molecule has 3 nitrogen and oxygen atoms in total. The first-order valence-corrected chi connectivity index (χ1v) is 5.69. The molecule has 1 aromatic carbocycles. The molecule has 0 fully saturated rings. The van der Waals surface area contributed by atoms with E-state index in [-0.39, 0.29) is 4.90 Å². The van der Waals surface area contributed by atoms with Crippen molar-refractivity contribution in [3.63, 3.8) is 0 Å². The van der Waals surface area contributed by atoms with E-state index in [2.05, 4.69) is 0 Å². The summed E-state index contributed by atoms with van der Waals surface area (Å²) in [4.78, 5) is 0.0695. The van der Waals surface area contributed by atoms with Gasteiger partial charge in [-0.1, -0.05) is 0 Å². The average Bonchev–Trinajstić information content (AvgIpc) is 2.71. The predicted octanol–water partition coefficient (Wildman–Crippen LogP) is 1.86. The van der Waals surface area contributed by atoms with Crippen LogP contribution in [0.4, 0.5) is 4.39 Å². The summed E-state index contributed by atoms with van der Waals surface area (Å²) < 4.78 is 37.4. The number of benzene rings is 1. The van der Waals surface area contributed by atoms with Gasteiger partial charge in [0.25, 0.3) is 10.0 Å². The summed E-state index contributed by atoms with van der Waals surface area (Å²) in [5.41, 5.74) is 0. The lowest BCUT2D eigenvalue weighted by molar-refractivity contribution is 0.586. The van der Waals surface area contributed by atoms with Gasteiger partial charge < -0.3 is 0 Å². The molecule has 0 saturated carbocycles. The highest BCUT2D eigenvalue weighted by molar-refractivity contribution is 7.90. The van der Waals surface area contributed by atoms with Gasteiger partial charge in [0.2, 0.25) is 0 Å². The van der Waals surface area contributed by atoms with Crippen LogP contribution in [0.2, 0.25) is 0 Å². The summed E-state index contributed by atoms with van der Waals surface area (Å²) in [7, 11) is -3.56. The van der Waals surface area contributed by atoms with Crippen molar-refractivity contribution in [2.45, 2.75) is 4.90 Å². The van der Waals surface area contributed by atoms with Gasteiger partial charge in [-0.15, -0.1) is 0 Å². The van der Waals surface area contributed by atoms with Gasteiger partial charge in [-0.3, -0.25) is 0 Å². The molecule has 0 spiro atoms. The molecule has 2 rings (SSSR count). The maximum atomic E-state index is 12.6. The Labute approximate surface area is 86.8 Å². The van der Waals surface area contributed by atoms with Gasteiger partial charge in [-0.25, -0.2) is 16.8 Å². The largest absolute Gasteiger partial charge is 0.267 e. The summed E-state index contributed by atoms with van der Waals surface area (Å²) in [6, 6.07) is 7.95. The van der Waals surface area contributed by atoms with E-state index in [0.717, 1.165) is 16.1 Å². The van der Waals surface area contributed by atoms with Gasteiger partial charge in [0, 0.05) is 12.4 Å². The quantitative estimate of drug-likeness (QED) is 0.782. The highest BCUT2D eigenvalue weighted by Crippen LogP contribution is 2.13. The maximum Gasteiger partial charge on any atom is 0.267 e. The highest BCUT2D eigenvalue weighted by Gasteiger charge is 2.14. The molecule has 2 aromatic rings. The van der Waals surface area contributed by atoms with Crippen molar-refractivity contribution in [3.8, 4) is 0 Å². The van der Waals surface area contributed by atoms with Crippen molar-refractivity contribution in [2.24, 2.45) is 0 Å². The average molecular weight is 225 g/mol. The zero-order chi connectivity index (χ0) is 10.9. The smallest absolute Gasteiger partial charge is 0.249 e. The van der Waals surface area contributed by atoms with Crippen LogP contribution in [-0.4, -0.2) is 12.4 Å². The third-order valence-corrected chi connectivity index (χ3v) is 3.63. The second kappa shape index (κ2) is 3.51. The summed E-state index contributed by atoms with van der Waals surface area (Å²) in [5, 5.41) is 0. The van der Waals surface area contributed by atoms with Crippen molar-refractivity contribution in [3.05, 3.63) is 54.6 Å². The van der Waals surface area contributed by atoms with E-state index in [1.54, 1.807) is 12.1 Å². The second-order valence-corrected chi connectivity index (χ2v) is 4.82. The van der Waals surface area contributed by atoms with Crippen LogP contribution >= 0.6 is 0 Å². The van der Waals surface area contributed by atoms with Gasteiger partial charge in [-0.05, 0) is 36.4 Å². The molecular weight excluding hydrogens is 217 g/mol. The SMILES string of the molecule is O=S(=O)(c1ccc(F)cc1)n1cccc1. The first kappa shape index (κ1) is 9.92. The summed E-state index contributed by atoms with van der Waals surface area (Å²) in [6.07, 6.45) is 2.86. The third kappa shape index (κ3) is 1.78. The number of halogens is 1. The standard InChI is InChI=1S/C10H8FNO2S/c11-9-3-5-10(6-4-9)15(13,14)12-7-1-2-8-12/h1-8H. The normalized spacial score (nSPS) is 11.5. The molecule has 0 amide bonds. The van der Waals surface area contributed by atoms with Crippen molar-refractivity contribution in [1.29, 1.82) is 0 Å². The monoisotopic (exact) mass is 225 g/mol. The van der Waals surface area contributed by atoms with Crippen LogP contribution in [0.3, 0.4) is 0 Å². The fraction of sp³-hybridized carbons (Fsp3) is 0. The predicted molar refractivity (Wildman–Crippen MR) is 53.4 cm³/mol. The van der Waals surface area contributed by atoms with E-state index in [9.17, 15) is 12.8 Å². The van der Waals surface area contributed by atoms with Crippen LogP contribution < -0.4 is 0 Å². The molecule has 0 N–H and O–H groups in total. The summed E-state index contributed by atoms with van der Waals surface area (Å²) >= 11 is 0. The van der Waals surface area contributed by atoms with Gasteiger partial charge in [0.15, 0.2) is 0 Å². The lowest BCUT2D eigenvalue weighted by atomic mass is 10.4. The number of nitrogens with zero attached hydrogens (tertiary/aromatic N) is 1. The Balaban J connectivity index is 2.52. The Bertz CT molecular complexity index is 544. The van der Waals surface area contributed by atoms with Crippen LogP contribution in [0.25, 0.3) is 0 Å². The van der Waals surface area contributed by atoms with Crippen LogP contribution in [0.1, 0.15) is 0 Å². The lowest BCUT2D eigenvalue weighted by Gasteiger charge is -2.04. The van der Waals surface area contributed by atoms with Gasteiger partial charge in [0.05, 0.1) is 4.90 Å². The molecule has 0 atom stereocenters. The molecule has 0 radical (unpaired) electrons. The molecule has 0 aliphatic heterocycles. The van der Waals surface area contributed by atoms with E-state index in [1.807, 2.05) is 0 Å². The zero-order valence-corrected chi connectivity index (χ0v) is 8.49. The molecule has 5 heteroatoms. The van der Waals surface area contributed by atoms with Gasteiger partial charge in [0.1, 0.15) is 5.82 Å². The van der Waals surface area contributed by atoms with E-state index in [0.29, 0.717) is 0 Å². The van der Waals surface area contributed by atoms with Crippen molar-refractivity contribution < 1.29 is 12.8 Å². The summed E-state index contributed by atoms with van der Waals surface area (Å²) in [6.45, 7) is 0. The molecular formula is C10H8FNO2S. The Kier molecular flexibility index (Phi) is 2.32. The number of rotatable bonds is 2. The Morgan fingerprint density at radius 3 is 2.07 bits per heavy atom. The van der Waals surface area contributed by atoms with Crippen molar-refractivity contribution in [1.82, 2.24) is 3.97 Å². The first-order chi connectivity index (χ1) is 7.10. The van der Waals surface area contributed by atoms with Crippen LogP contribution in [0.15, 0.2) is 53.7 Å². The molecule has 0 aliphatic carbocycles. The van der Waals surface area contributed by atoms with E-state index in [1.165, 1.54) is 24.5 Å². The van der Waals surface area contributed by atoms with Crippen LogP contribution in [0, 0.1) is 5.82 Å². The zero-order valence-electron chi connectivity index (χ0n) is 7.67. The van der Waals surface area contributed by atoms with Crippen molar-refractivity contribution in [2.75, 3.05) is 0 Å². The molecule has 78 valence electrons. The third-order valence-electron chi connectivity index (χ3n) is 1.97. The molecule has 0 aliphatic rings. The lowest BCUT2D eigenvalue weighted by Crippen LogP contribution is -2.10. The second-order valence-electron chi connectivity index (χ2n) is 2.97. The van der Waals surface area contributed by atoms with Gasteiger partial charge >= 0.3 is 0 Å². The Morgan fingerprint density at radius 1 is 1.00 bits per heavy atom. The van der Waals surface area contributed by atoms with E-state index in [4.69, 9.17) is 0 Å². The van der Waals surface area contributed by atoms with Crippen LogP contribution in [0.5, 0.6) is 0 Å². The molecule has 1 heterocycles. The first-order valence-electron chi connectivity index (χ1n) is 4.25.